The van der Waals surface area contributed by atoms with Crippen LogP contribution in [0.4, 0.5) is 5.69 Å². The maximum absolute atomic E-state index is 11.6. The number of hydrogen-bond donors (Lipinski definition) is 3. The Morgan fingerprint density at radius 1 is 1.60 bits per heavy atom. The fourth-order valence-corrected chi connectivity index (χ4v) is 1.46. The fraction of sp³-hybridized carbons (Fsp3) is 0.231. The molecule has 0 aliphatic heterocycles. The van der Waals surface area contributed by atoms with Crippen molar-refractivity contribution in [1.29, 1.82) is 5.26 Å². The molecule has 106 valence electrons. The largest absolute Gasteiger partial charge is 0.506 e. The molecule has 7 heteroatoms. The van der Waals surface area contributed by atoms with E-state index in [1.54, 1.807) is 6.07 Å². The summed E-state index contributed by atoms with van der Waals surface area (Å²) in [5.74, 6) is -0.568. The number of rotatable bonds is 6. The Morgan fingerprint density at radius 2 is 2.35 bits per heavy atom. The first kappa shape index (κ1) is 15.8. The van der Waals surface area contributed by atoms with Gasteiger partial charge in [0.1, 0.15) is 17.4 Å². The summed E-state index contributed by atoms with van der Waals surface area (Å²) in [6, 6.07) is 6.17. The Bertz CT molecular complexity index is 552. The third kappa shape index (κ3) is 4.80. The van der Waals surface area contributed by atoms with Gasteiger partial charge in [-0.3, -0.25) is 4.79 Å². The number of phenols is 1. The summed E-state index contributed by atoms with van der Waals surface area (Å²) in [5.41, 5.74) is 0.176. The van der Waals surface area contributed by atoms with Crippen LogP contribution >= 0.6 is 11.6 Å². The van der Waals surface area contributed by atoms with E-state index in [2.05, 4.69) is 10.6 Å². The average Bonchev–Trinajstić information content (AvgIpc) is 2.43. The van der Waals surface area contributed by atoms with Crippen molar-refractivity contribution >= 4 is 23.2 Å². The summed E-state index contributed by atoms with van der Waals surface area (Å²) in [4.78, 5) is 11.6. The Balaban J connectivity index is 2.73. The van der Waals surface area contributed by atoms with Crippen LogP contribution in [-0.4, -0.2) is 31.3 Å². The van der Waals surface area contributed by atoms with Crippen molar-refractivity contribution in [2.24, 2.45) is 0 Å². The van der Waals surface area contributed by atoms with Crippen molar-refractivity contribution in [1.82, 2.24) is 5.32 Å². The van der Waals surface area contributed by atoms with E-state index in [1.165, 1.54) is 31.5 Å². The lowest BCUT2D eigenvalue weighted by Gasteiger charge is -2.06. The van der Waals surface area contributed by atoms with Crippen LogP contribution in [0.1, 0.15) is 0 Å². The first-order chi connectivity index (χ1) is 9.58. The second-order valence-corrected chi connectivity index (χ2v) is 4.16. The highest BCUT2D eigenvalue weighted by Crippen LogP contribution is 2.26. The van der Waals surface area contributed by atoms with E-state index in [1.807, 2.05) is 0 Å². The maximum Gasteiger partial charge on any atom is 0.263 e. The number of benzene rings is 1. The van der Waals surface area contributed by atoms with Gasteiger partial charge in [0.2, 0.25) is 0 Å². The molecule has 3 N–H and O–H groups in total. The molecule has 1 aromatic carbocycles. The van der Waals surface area contributed by atoms with Crippen molar-refractivity contribution in [2.75, 3.05) is 25.6 Å². The molecule has 0 aliphatic carbocycles. The standard InChI is InChI=1S/C13H14ClN3O3/c1-20-5-4-16-13(19)9(7-15)8-17-11-6-10(14)2-3-12(11)18/h2-3,6,8,17-18H,4-5H2,1H3,(H,16,19)/b9-8-. The molecular weight excluding hydrogens is 282 g/mol. The second-order valence-electron chi connectivity index (χ2n) is 3.72. The van der Waals surface area contributed by atoms with Gasteiger partial charge in [-0.05, 0) is 18.2 Å². The zero-order valence-corrected chi connectivity index (χ0v) is 11.6. The molecule has 0 radical (unpaired) electrons. The van der Waals surface area contributed by atoms with E-state index in [9.17, 15) is 9.90 Å². The molecule has 0 aliphatic rings. The maximum atomic E-state index is 11.6. The van der Waals surface area contributed by atoms with Crippen molar-refractivity contribution in [3.8, 4) is 11.8 Å². The number of hydrogen-bond acceptors (Lipinski definition) is 5. The molecular formula is C13H14ClN3O3. The number of phenolic OH excluding ortho intramolecular Hbond substituents is 1. The highest BCUT2D eigenvalue weighted by molar-refractivity contribution is 6.30. The van der Waals surface area contributed by atoms with Gasteiger partial charge in [0.05, 0.1) is 12.3 Å². The van der Waals surface area contributed by atoms with Crippen LogP contribution in [0.3, 0.4) is 0 Å². The predicted octanol–water partition coefficient (Wildman–Crippen LogP) is 1.63. The number of halogens is 1. The average molecular weight is 296 g/mol. The van der Waals surface area contributed by atoms with Gasteiger partial charge in [0.25, 0.3) is 5.91 Å². The van der Waals surface area contributed by atoms with Gasteiger partial charge in [0.15, 0.2) is 0 Å². The molecule has 0 aromatic heterocycles. The molecule has 1 amide bonds. The lowest BCUT2D eigenvalue weighted by molar-refractivity contribution is -0.117. The highest BCUT2D eigenvalue weighted by atomic mass is 35.5. The molecule has 1 rings (SSSR count). The predicted molar refractivity (Wildman–Crippen MR) is 75.3 cm³/mol. The number of ether oxygens (including phenoxy) is 1. The van der Waals surface area contributed by atoms with Crippen molar-refractivity contribution in [3.05, 3.63) is 35.0 Å². The minimum atomic E-state index is -0.529. The summed E-state index contributed by atoms with van der Waals surface area (Å²) >= 11 is 5.78. The molecule has 0 unspecified atom stereocenters. The first-order valence-electron chi connectivity index (χ1n) is 5.71. The number of carbonyl (C=O) groups is 1. The molecule has 6 nitrogen and oxygen atoms in total. The van der Waals surface area contributed by atoms with Crippen LogP contribution in [0.2, 0.25) is 5.02 Å². The van der Waals surface area contributed by atoms with Gasteiger partial charge in [-0.2, -0.15) is 5.26 Å². The fourth-order valence-electron chi connectivity index (χ4n) is 1.28. The lowest BCUT2D eigenvalue weighted by Crippen LogP contribution is -2.28. The van der Waals surface area contributed by atoms with E-state index >= 15 is 0 Å². The molecule has 0 spiro atoms. The third-order valence-electron chi connectivity index (χ3n) is 2.29. The van der Waals surface area contributed by atoms with E-state index in [0.29, 0.717) is 23.9 Å². The monoisotopic (exact) mass is 295 g/mol. The Hall–Kier alpha value is -2.23. The van der Waals surface area contributed by atoms with Gasteiger partial charge in [-0.1, -0.05) is 11.6 Å². The Morgan fingerprint density at radius 3 is 3.00 bits per heavy atom. The zero-order chi connectivity index (χ0) is 15.0. The topological polar surface area (TPSA) is 94.4 Å². The molecule has 20 heavy (non-hydrogen) atoms. The molecule has 1 aromatic rings. The highest BCUT2D eigenvalue weighted by Gasteiger charge is 2.08. The molecule has 0 heterocycles. The summed E-state index contributed by atoms with van der Waals surface area (Å²) in [7, 11) is 1.51. The van der Waals surface area contributed by atoms with E-state index in [0.717, 1.165) is 0 Å². The van der Waals surface area contributed by atoms with Crippen molar-refractivity contribution in [3.63, 3.8) is 0 Å². The van der Waals surface area contributed by atoms with Gasteiger partial charge in [-0.15, -0.1) is 0 Å². The van der Waals surface area contributed by atoms with Crippen LogP contribution < -0.4 is 10.6 Å². The first-order valence-corrected chi connectivity index (χ1v) is 6.08. The third-order valence-corrected chi connectivity index (χ3v) is 2.52. The summed E-state index contributed by atoms with van der Waals surface area (Å²) in [6.45, 7) is 0.656. The summed E-state index contributed by atoms with van der Waals surface area (Å²) < 4.78 is 4.78. The van der Waals surface area contributed by atoms with Crippen molar-refractivity contribution < 1.29 is 14.6 Å². The minimum absolute atomic E-state index is 0.0391. The number of aromatic hydroxyl groups is 1. The zero-order valence-electron chi connectivity index (χ0n) is 10.8. The quantitative estimate of drug-likeness (QED) is 0.321. The number of carbonyl (C=O) groups excluding carboxylic acids is 1. The minimum Gasteiger partial charge on any atom is -0.506 e. The number of nitrogens with one attached hydrogen (secondary N) is 2. The van der Waals surface area contributed by atoms with E-state index in [4.69, 9.17) is 21.6 Å². The second kappa shape index (κ2) is 8.04. The smallest absolute Gasteiger partial charge is 0.263 e. The molecule has 0 bridgehead atoms. The summed E-state index contributed by atoms with van der Waals surface area (Å²) in [6.07, 6.45) is 1.20. The van der Waals surface area contributed by atoms with Crippen LogP contribution in [0.5, 0.6) is 5.75 Å². The molecule has 0 saturated carbocycles. The van der Waals surface area contributed by atoms with Gasteiger partial charge < -0.3 is 20.5 Å². The van der Waals surface area contributed by atoms with Crippen molar-refractivity contribution in [2.45, 2.75) is 0 Å². The summed E-state index contributed by atoms with van der Waals surface area (Å²) in [5, 5.41) is 24.1. The van der Waals surface area contributed by atoms with Crippen LogP contribution in [-0.2, 0) is 9.53 Å². The van der Waals surface area contributed by atoms with E-state index < -0.39 is 5.91 Å². The van der Waals surface area contributed by atoms with Crippen LogP contribution in [0, 0.1) is 11.3 Å². The van der Waals surface area contributed by atoms with Gasteiger partial charge >= 0.3 is 0 Å². The van der Waals surface area contributed by atoms with Gasteiger partial charge in [0, 0.05) is 24.9 Å². The number of methoxy groups -OCH3 is 1. The molecule has 0 fully saturated rings. The normalized spacial score (nSPS) is 10.8. The molecule has 0 atom stereocenters. The lowest BCUT2D eigenvalue weighted by atomic mass is 10.2. The number of anilines is 1. The van der Waals surface area contributed by atoms with E-state index in [-0.39, 0.29) is 11.3 Å². The number of nitriles is 1. The Kier molecular flexibility index (Phi) is 6.37. The van der Waals surface area contributed by atoms with Gasteiger partial charge in [-0.25, -0.2) is 0 Å². The Labute approximate surface area is 121 Å². The number of nitrogens with zero attached hydrogens (tertiary/aromatic N) is 1. The molecule has 0 saturated heterocycles. The SMILES string of the molecule is COCCNC(=O)/C(C#N)=C\Nc1cc(Cl)ccc1O. The number of amides is 1. The van der Waals surface area contributed by atoms with Crippen LogP contribution in [0.25, 0.3) is 0 Å². The van der Waals surface area contributed by atoms with Crippen LogP contribution in [0.15, 0.2) is 30.0 Å².